The molecular weight excluding hydrogens is 354 g/mol. The first-order valence-electron chi connectivity index (χ1n) is 5.73. The summed E-state index contributed by atoms with van der Waals surface area (Å²) < 4.78 is 18.3. The molecule has 0 saturated carbocycles. The van der Waals surface area contributed by atoms with Crippen molar-refractivity contribution < 1.29 is 13.9 Å². The van der Waals surface area contributed by atoms with Gasteiger partial charge < -0.3 is 10.2 Å². The van der Waals surface area contributed by atoms with E-state index >= 15 is 0 Å². The molecule has 2 N–H and O–H groups in total. The van der Waals surface area contributed by atoms with Crippen molar-refractivity contribution >= 4 is 28.7 Å². The van der Waals surface area contributed by atoms with Crippen LogP contribution in [0.4, 0.5) is 9.18 Å². The zero-order chi connectivity index (χ0) is 13.1. The van der Waals surface area contributed by atoms with Crippen molar-refractivity contribution in [2.24, 2.45) is 0 Å². The molecule has 3 unspecified atom stereocenters. The molecule has 2 rings (SSSR count). The number of rotatable bonds is 5. The van der Waals surface area contributed by atoms with E-state index in [9.17, 15) is 9.18 Å². The maximum Gasteiger partial charge on any atom is 0.410 e. The number of hydrogen-bond acceptors (Lipinski definition) is 5. The Hall–Kier alpha value is -0.770. The van der Waals surface area contributed by atoms with Gasteiger partial charge in [0, 0.05) is 16.3 Å². The lowest BCUT2D eigenvalue weighted by molar-refractivity contribution is 0.104. The van der Waals surface area contributed by atoms with Gasteiger partial charge in [0.2, 0.25) is 0 Å². The van der Waals surface area contributed by atoms with Gasteiger partial charge in [0.15, 0.2) is 0 Å². The summed E-state index contributed by atoms with van der Waals surface area (Å²) in [5.41, 5.74) is 5.67. The van der Waals surface area contributed by atoms with E-state index in [1.165, 1.54) is 4.90 Å². The largest absolute Gasteiger partial charge is 0.442 e. The van der Waals surface area contributed by atoms with Crippen molar-refractivity contribution in [3.63, 3.8) is 0 Å². The third-order valence-electron chi connectivity index (χ3n) is 2.94. The molecule has 2 aliphatic rings. The van der Waals surface area contributed by atoms with Gasteiger partial charge in [-0.25, -0.2) is 9.18 Å². The zero-order valence-electron chi connectivity index (χ0n) is 9.97. The van der Waals surface area contributed by atoms with Crippen LogP contribution >= 0.6 is 22.6 Å². The quantitative estimate of drug-likeness (QED) is 0.553. The highest BCUT2D eigenvalue weighted by molar-refractivity contribution is 14.1. The zero-order valence-corrected chi connectivity index (χ0v) is 12.1. The topological polar surface area (TPSA) is 56.8 Å². The van der Waals surface area contributed by atoms with Crippen LogP contribution in [0.1, 0.15) is 6.92 Å². The smallest absolute Gasteiger partial charge is 0.410 e. The molecule has 2 heterocycles. The number of carbonyl (C=O) groups is 1. The van der Waals surface area contributed by atoms with Gasteiger partial charge >= 0.3 is 6.09 Å². The Kier molecular flexibility index (Phi) is 4.49. The second-order valence-electron chi connectivity index (χ2n) is 4.28. The van der Waals surface area contributed by atoms with Crippen LogP contribution in [0.3, 0.4) is 0 Å². The van der Waals surface area contributed by atoms with Gasteiger partial charge in [-0.15, -0.1) is 5.53 Å². The van der Waals surface area contributed by atoms with Gasteiger partial charge in [-0.05, 0) is 0 Å². The van der Waals surface area contributed by atoms with Crippen LogP contribution in [0.5, 0.6) is 0 Å². The molecule has 1 amide bonds. The van der Waals surface area contributed by atoms with E-state index in [1.807, 2.05) is 13.1 Å². The van der Waals surface area contributed by atoms with Crippen LogP contribution in [-0.2, 0) is 4.74 Å². The van der Waals surface area contributed by atoms with Crippen molar-refractivity contribution in [3.05, 3.63) is 12.4 Å². The summed E-state index contributed by atoms with van der Waals surface area (Å²) in [6.07, 6.45) is 2.87. The van der Waals surface area contributed by atoms with Crippen molar-refractivity contribution in [2.45, 2.75) is 23.0 Å². The van der Waals surface area contributed by atoms with E-state index in [4.69, 9.17) is 4.74 Å². The van der Waals surface area contributed by atoms with Crippen molar-refractivity contribution in [1.29, 1.82) is 0 Å². The van der Waals surface area contributed by atoms with Crippen molar-refractivity contribution in [3.8, 4) is 0 Å². The second-order valence-corrected chi connectivity index (χ2v) is 6.25. The van der Waals surface area contributed by atoms with E-state index in [0.717, 1.165) is 0 Å². The number of cyclic esters (lactones) is 1. The predicted octanol–water partition coefficient (Wildman–Crippen LogP) is 0.765. The molecule has 0 bridgehead atoms. The van der Waals surface area contributed by atoms with Crippen LogP contribution in [0, 0.1) is 0 Å². The number of alkyl halides is 2. The summed E-state index contributed by atoms with van der Waals surface area (Å²) in [7, 11) is 0. The summed E-state index contributed by atoms with van der Waals surface area (Å²) in [6, 6.07) is -0.414. The fraction of sp³-hybridized carbons (Fsp3) is 0.700. The Morgan fingerprint density at radius 3 is 3.06 bits per heavy atom. The molecule has 18 heavy (non-hydrogen) atoms. The monoisotopic (exact) mass is 370 g/mol. The molecule has 8 heteroatoms. The van der Waals surface area contributed by atoms with Gasteiger partial charge in [-0.3, -0.25) is 9.91 Å². The summed E-state index contributed by atoms with van der Waals surface area (Å²) >= 11 is 2.13. The molecule has 0 aromatic carbocycles. The first-order chi connectivity index (χ1) is 8.61. The number of ether oxygens (including phenoxy) is 1. The lowest BCUT2D eigenvalue weighted by Crippen LogP contribution is -2.44. The molecule has 6 nitrogen and oxygen atoms in total. The fourth-order valence-electron chi connectivity index (χ4n) is 1.97. The molecule has 0 aliphatic carbocycles. The lowest BCUT2D eigenvalue weighted by atomic mass is 10.2. The first kappa shape index (κ1) is 13.7. The molecule has 0 radical (unpaired) electrons. The lowest BCUT2D eigenvalue weighted by Gasteiger charge is -2.25. The summed E-state index contributed by atoms with van der Waals surface area (Å²) in [6.45, 7) is 2.29. The van der Waals surface area contributed by atoms with Crippen molar-refractivity contribution in [1.82, 2.24) is 20.9 Å². The summed E-state index contributed by atoms with van der Waals surface area (Å²) in [4.78, 5) is 13.2. The average molecular weight is 370 g/mol. The molecule has 3 atom stereocenters. The number of halogens is 2. The first-order valence-corrected chi connectivity index (χ1v) is 6.98. The third-order valence-corrected chi connectivity index (χ3v) is 3.77. The summed E-state index contributed by atoms with van der Waals surface area (Å²) in [5, 5.41) is 1.78. The number of nitrogens with one attached hydrogen (secondary N) is 2. The van der Waals surface area contributed by atoms with E-state index in [0.29, 0.717) is 13.1 Å². The molecule has 0 aromatic rings. The Labute approximate surface area is 119 Å². The number of amides is 1. The second kappa shape index (κ2) is 5.91. The van der Waals surface area contributed by atoms with Crippen LogP contribution < -0.4 is 11.0 Å². The fourth-order valence-corrected chi connectivity index (χ4v) is 2.55. The van der Waals surface area contributed by atoms with E-state index in [1.54, 1.807) is 11.2 Å². The molecule has 102 valence electrons. The summed E-state index contributed by atoms with van der Waals surface area (Å²) in [5.74, 6) is 0. The van der Waals surface area contributed by atoms with Crippen LogP contribution in [-0.4, -0.2) is 51.8 Å². The Morgan fingerprint density at radius 1 is 1.72 bits per heavy atom. The van der Waals surface area contributed by atoms with E-state index in [2.05, 4.69) is 33.6 Å². The van der Waals surface area contributed by atoms with Gasteiger partial charge in [0.1, 0.15) is 12.8 Å². The minimum Gasteiger partial charge on any atom is -0.442 e. The minimum atomic E-state index is -0.546. The molecular formula is C10H16FIN4O2. The van der Waals surface area contributed by atoms with Gasteiger partial charge in [0.05, 0.1) is 19.1 Å². The Bertz CT molecular complexity index is 342. The van der Waals surface area contributed by atoms with E-state index in [-0.39, 0.29) is 10.0 Å². The molecule has 1 saturated heterocycles. The van der Waals surface area contributed by atoms with Crippen LogP contribution in [0.25, 0.3) is 0 Å². The highest BCUT2D eigenvalue weighted by atomic mass is 127. The van der Waals surface area contributed by atoms with Gasteiger partial charge in [-0.1, -0.05) is 29.5 Å². The van der Waals surface area contributed by atoms with E-state index < -0.39 is 18.8 Å². The predicted molar refractivity (Wildman–Crippen MR) is 72.3 cm³/mol. The minimum absolute atomic E-state index is 0.0466. The maximum atomic E-state index is 13.0. The molecule has 0 aromatic heterocycles. The third kappa shape index (κ3) is 2.97. The normalized spacial score (nSPS) is 26.2. The highest BCUT2D eigenvalue weighted by Gasteiger charge is 2.38. The molecule has 0 spiro atoms. The molecule has 1 fully saturated rings. The van der Waals surface area contributed by atoms with Gasteiger partial charge in [0.25, 0.3) is 0 Å². The SMILES string of the molecule is CC(I)C(CF)N1CC(CN2C=CNN2)OC1=O. The highest BCUT2D eigenvalue weighted by Crippen LogP contribution is 2.21. The number of hydrogen-bond donors (Lipinski definition) is 2. The Morgan fingerprint density at radius 2 is 2.50 bits per heavy atom. The van der Waals surface area contributed by atoms with Crippen LogP contribution in [0.2, 0.25) is 0 Å². The number of carbonyl (C=O) groups excluding carboxylic acids is 1. The van der Waals surface area contributed by atoms with Crippen LogP contribution in [0.15, 0.2) is 12.4 Å². The number of nitrogens with zero attached hydrogens (tertiary/aromatic N) is 2. The Balaban J connectivity index is 1.91. The van der Waals surface area contributed by atoms with Gasteiger partial charge in [-0.2, -0.15) is 0 Å². The molecule has 2 aliphatic heterocycles. The standard InChI is InChI=1S/C10H16FIN4O2/c1-7(12)9(4-11)16-6-8(18-10(16)17)5-15-3-2-13-14-15/h2-3,7-9,13-14H,4-6H2,1H3. The average Bonchev–Trinajstić information content (AvgIpc) is 2.91. The maximum absolute atomic E-state index is 13.0. The van der Waals surface area contributed by atoms with Crippen molar-refractivity contribution in [2.75, 3.05) is 19.8 Å². The number of hydrazine groups is 2.